The predicted octanol–water partition coefficient (Wildman–Crippen LogP) is 6.35. The number of hydrogen-bond acceptors (Lipinski definition) is 11. The summed E-state index contributed by atoms with van der Waals surface area (Å²) in [5, 5.41) is 20.7. The minimum absolute atomic E-state index is 0.116. The van der Waals surface area contributed by atoms with E-state index in [1.54, 1.807) is 17.0 Å². The summed E-state index contributed by atoms with van der Waals surface area (Å²) in [4.78, 5) is 56.9. The summed E-state index contributed by atoms with van der Waals surface area (Å²) in [5.41, 5.74) is -0.00766. The summed E-state index contributed by atoms with van der Waals surface area (Å²) in [6, 6.07) is 6.82. The number of amides is 2. The van der Waals surface area contributed by atoms with Crippen molar-refractivity contribution >= 4 is 45.4 Å². The molecule has 4 aliphatic rings. The summed E-state index contributed by atoms with van der Waals surface area (Å²) in [7, 11) is 0. The van der Waals surface area contributed by atoms with Crippen LogP contribution in [0, 0.1) is 26.1 Å². The quantitative estimate of drug-likeness (QED) is 0.255. The standard InChI is InChI=1S/C15H20N4O4.C11H19NO2.C5H3BrN2O2/c1-15(2,3)23-14(20)18-9-11-6-12(18)8-17(11)10-4-5-13(16-7-10)19(21)22;1-11(2,3)14-10(13)12-7-8-4-5-9(12)6-8;6-4-1-2-5(7-3-4)8(9)10/h4-5,7,11-12H,6,8-9H2,1-3H3;8-9H,4-7H2,1-3H3;1-3H. The lowest BCUT2D eigenvalue weighted by Crippen LogP contribution is -2.50. The molecule has 4 bridgehead atoms. The molecule has 4 fully saturated rings. The van der Waals surface area contributed by atoms with Gasteiger partial charge in [-0.3, -0.25) is 0 Å². The summed E-state index contributed by atoms with van der Waals surface area (Å²) >= 11 is 3.11. The van der Waals surface area contributed by atoms with E-state index < -0.39 is 15.4 Å². The summed E-state index contributed by atoms with van der Waals surface area (Å²) in [5.74, 6) is 0.448. The van der Waals surface area contributed by atoms with E-state index in [4.69, 9.17) is 9.47 Å². The Morgan fingerprint density at radius 1 is 0.766 bits per heavy atom. The van der Waals surface area contributed by atoms with Crippen molar-refractivity contribution in [3.05, 3.63) is 61.4 Å². The molecule has 2 aromatic rings. The molecular formula is C31H42BrN7O8. The molecule has 3 aliphatic heterocycles. The third-order valence-corrected chi connectivity index (χ3v) is 8.52. The highest BCUT2D eigenvalue weighted by Crippen LogP contribution is 2.38. The van der Waals surface area contributed by atoms with E-state index in [0.29, 0.717) is 19.1 Å². The average Bonchev–Trinajstić information content (AvgIpc) is 3.78. The van der Waals surface area contributed by atoms with Crippen LogP contribution in [0.3, 0.4) is 0 Å². The van der Waals surface area contributed by atoms with Crippen LogP contribution in [0.5, 0.6) is 0 Å². The number of piperazine rings is 1. The topological polar surface area (TPSA) is 174 Å². The monoisotopic (exact) mass is 719 g/mol. The lowest BCUT2D eigenvalue weighted by atomic mass is 10.1. The van der Waals surface area contributed by atoms with Gasteiger partial charge in [0.25, 0.3) is 0 Å². The Bertz CT molecular complexity index is 1450. The van der Waals surface area contributed by atoms with Gasteiger partial charge in [-0.15, -0.1) is 0 Å². The summed E-state index contributed by atoms with van der Waals surface area (Å²) in [6.07, 6.45) is 7.06. The Balaban J connectivity index is 0.000000177. The van der Waals surface area contributed by atoms with E-state index in [1.807, 2.05) is 46.4 Å². The van der Waals surface area contributed by atoms with Gasteiger partial charge in [0.1, 0.15) is 11.2 Å². The minimum Gasteiger partial charge on any atom is -0.444 e. The van der Waals surface area contributed by atoms with Gasteiger partial charge >= 0.3 is 23.8 Å². The molecule has 6 rings (SSSR count). The van der Waals surface area contributed by atoms with E-state index in [1.165, 1.54) is 43.8 Å². The fourth-order valence-corrected chi connectivity index (χ4v) is 6.36. The van der Waals surface area contributed by atoms with E-state index in [0.717, 1.165) is 29.0 Å². The maximum absolute atomic E-state index is 12.2. The fourth-order valence-electron chi connectivity index (χ4n) is 6.13. The Morgan fingerprint density at radius 3 is 1.70 bits per heavy atom. The first-order valence-electron chi connectivity index (χ1n) is 15.5. The Hall–Kier alpha value is -4.08. The summed E-state index contributed by atoms with van der Waals surface area (Å²) < 4.78 is 11.5. The van der Waals surface area contributed by atoms with Crippen LogP contribution in [-0.4, -0.2) is 90.8 Å². The maximum atomic E-state index is 12.2. The molecule has 4 unspecified atom stereocenters. The van der Waals surface area contributed by atoms with Crippen molar-refractivity contribution in [3.63, 3.8) is 0 Å². The van der Waals surface area contributed by atoms with Gasteiger partial charge in [-0.2, -0.15) is 0 Å². The smallest absolute Gasteiger partial charge is 0.410 e. The van der Waals surface area contributed by atoms with E-state index in [9.17, 15) is 29.8 Å². The first kappa shape index (κ1) is 35.8. The maximum Gasteiger partial charge on any atom is 0.410 e. The van der Waals surface area contributed by atoms with Crippen molar-refractivity contribution in [1.82, 2.24) is 19.8 Å². The molecule has 1 saturated carbocycles. The largest absolute Gasteiger partial charge is 0.444 e. The van der Waals surface area contributed by atoms with Crippen molar-refractivity contribution in [2.45, 2.75) is 96.6 Å². The molecule has 256 valence electrons. The van der Waals surface area contributed by atoms with Crippen molar-refractivity contribution in [1.29, 1.82) is 0 Å². The molecule has 15 nitrogen and oxygen atoms in total. The number of hydrogen-bond donors (Lipinski definition) is 0. The number of ether oxygens (including phenoxy) is 2. The number of rotatable bonds is 3. The van der Waals surface area contributed by atoms with Crippen molar-refractivity contribution < 1.29 is 28.9 Å². The first-order valence-corrected chi connectivity index (χ1v) is 16.3. The Kier molecular flexibility index (Phi) is 10.9. The molecular weight excluding hydrogens is 678 g/mol. The van der Waals surface area contributed by atoms with Crippen LogP contribution >= 0.6 is 15.9 Å². The number of anilines is 1. The fraction of sp³-hybridized carbons (Fsp3) is 0.613. The number of pyridine rings is 2. The Labute approximate surface area is 282 Å². The highest BCUT2D eigenvalue weighted by Gasteiger charge is 2.47. The van der Waals surface area contributed by atoms with Gasteiger partial charge < -0.3 is 44.4 Å². The average molecular weight is 721 g/mol. The second-order valence-electron chi connectivity index (χ2n) is 14.0. The molecule has 0 N–H and O–H groups in total. The van der Waals surface area contributed by atoms with Crippen LogP contribution < -0.4 is 4.90 Å². The van der Waals surface area contributed by atoms with Gasteiger partial charge in [-0.25, -0.2) is 9.59 Å². The summed E-state index contributed by atoms with van der Waals surface area (Å²) in [6.45, 7) is 13.5. The van der Waals surface area contributed by atoms with Gasteiger partial charge in [0.2, 0.25) is 0 Å². The Morgan fingerprint density at radius 2 is 1.32 bits per heavy atom. The molecule has 1 aliphatic carbocycles. The van der Waals surface area contributed by atoms with Gasteiger partial charge in [0, 0.05) is 43.9 Å². The van der Waals surface area contributed by atoms with Crippen molar-refractivity contribution in [3.8, 4) is 0 Å². The van der Waals surface area contributed by atoms with Gasteiger partial charge in [-0.05, 0) is 121 Å². The van der Waals surface area contributed by atoms with Gasteiger partial charge in [0.05, 0.1) is 16.2 Å². The molecule has 0 radical (unpaired) electrons. The zero-order valence-electron chi connectivity index (χ0n) is 27.5. The highest BCUT2D eigenvalue weighted by molar-refractivity contribution is 9.10. The number of nitro groups is 2. The molecule has 16 heteroatoms. The third kappa shape index (κ3) is 9.72. The highest BCUT2D eigenvalue weighted by atomic mass is 79.9. The van der Waals surface area contributed by atoms with Crippen LogP contribution in [0.4, 0.5) is 26.9 Å². The van der Waals surface area contributed by atoms with Crippen LogP contribution in [0.1, 0.15) is 67.2 Å². The predicted molar refractivity (Wildman–Crippen MR) is 176 cm³/mol. The van der Waals surface area contributed by atoms with Crippen LogP contribution in [0.15, 0.2) is 41.1 Å². The number of carbonyl (C=O) groups excluding carboxylic acids is 2. The second-order valence-corrected chi connectivity index (χ2v) is 14.9. The van der Waals surface area contributed by atoms with Crippen LogP contribution in [-0.2, 0) is 9.47 Å². The molecule has 5 heterocycles. The van der Waals surface area contributed by atoms with Gasteiger partial charge in [-0.1, -0.05) is 0 Å². The van der Waals surface area contributed by atoms with Crippen molar-refractivity contribution in [2.75, 3.05) is 24.5 Å². The van der Waals surface area contributed by atoms with E-state index >= 15 is 0 Å². The molecule has 0 aromatic carbocycles. The number of aromatic nitrogens is 2. The van der Waals surface area contributed by atoms with Crippen LogP contribution in [0.2, 0.25) is 0 Å². The molecule has 2 aromatic heterocycles. The van der Waals surface area contributed by atoms with E-state index in [-0.39, 0.29) is 41.5 Å². The van der Waals surface area contributed by atoms with Gasteiger partial charge in [0.15, 0.2) is 12.4 Å². The SMILES string of the molecule is CC(C)(C)OC(=O)N1CC2CC1CN2c1ccc([N+](=O)[O-])nc1.CC(C)(C)OC(=O)N1CC2CCC1C2.O=[N+]([O-])c1ccc(Br)cn1. The number of carbonyl (C=O) groups is 2. The van der Waals surface area contributed by atoms with E-state index in [2.05, 4.69) is 30.8 Å². The molecule has 2 amide bonds. The third-order valence-electron chi connectivity index (χ3n) is 8.06. The lowest BCUT2D eigenvalue weighted by Gasteiger charge is -2.35. The molecule has 47 heavy (non-hydrogen) atoms. The second kappa shape index (κ2) is 14.4. The lowest BCUT2D eigenvalue weighted by molar-refractivity contribution is -0.389. The number of nitrogens with zero attached hydrogens (tertiary/aromatic N) is 7. The number of likely N-dealkylation sites (tertiary alicyclic amines) is 2. The molecule has 0 spiro atoms. The zero-order chi connectivity index (χ0) is 34.7. The normalized spacial score (nSPS) is 22.6. The number of piperidine rings is 1. The number of fused-ring (bicyclic) bond motifs is 4. The number of halogens is 1. The zero-order valence-corrected chi connectivity index (χ0v) is 29.1. The van der Waals surface area contributed by atoms with Crippen molar-refractivity contribution in [2.24, 2.45) is 5.92 Å². The molecule has 3 saturated heterocycles. The first-order chi connectivity index (χ1) is 21.9. The molecule has 4 atom stereocenters. The minimum atomic E-state index is -0.535. The van der Waals surface area contributed by atoms with Crippen LogP contribution in [0.25, 0.3) is 0 Å².